The Morgan fingerprint density at radius 3 is 2.94 bits per heavy atom. The molecule has 0 spiro atoms. The second-order valence-electron chi connectivity index (χ2n) is 3.46. The number of hydrogen-bond donors (Lipinski definition) is 1. The lowest BCUT2D eigenvalue weighted by molar-refractivity contribution is 1.04. The van der Waals surface area contributed by atoms with E-state index in [9.17, 15) is 0 Å². The van der Waals surface area contributed by atoms with Gasteiger partial charge in [-0.3, -0.25) is 0 Å². The first-order chi connectivity index (χ1) is 8.31. The molecule has 0 fully saturated rings. The molecule has 0 amide bonds. The second-order valence-corrected chi connectivity index (χ2v) is 6.12. The lowest BCUT2D eigenvalue weighted by Gasteiger charge is -1.92. The normalized spacial score (nSPS) is 11.1. The number of hydrogen-bond acceptors (Lipinski definition) is 4. The minimum absolute atomic E-state index is 0.497. The van der Waals surface area contributed by atoms with Crippen molar-refractivity contribution in [2.75, 3.05) is 0 Å². The summed E-state index contributed by atoms with van der Waals surface area (Å²) in [6.45, 7) is 0. The van der Waals surface area contributed by atoms with Crippen molar-refractivity contribution in [1.82, 2.24) is 15.2 Å². The molecule has 0 saturated heterocycles. The summed E-state index contributed by atoms with van der Waals surface area (Å²) in [5, 5.41) is 11.1. The van der Waals surface area contributed by atoms with E-state index in [-0.39, 0.29) is 0 Å². The minimum atomic E-state index is 0.497. The predicted octanol–water partition coefficient (Wildman–Crippen LogP) is 3.97. The first-order valence-corrected chi connectivity index (χ1v) is 7.18. The van der Waals surface area contributed by atoms with Gasteiger partial charge in [0.1, 0.15) is 5.01 Å². The van der Waals surface area contributed by atoms with Crippen molar-refractivity contribution in [2.45, 2.75) is 10.8 Å². The van der Waals surface area contributed by atoms with Crippen molar-refractivity contribution in [1.29, 1.82) is 0 Å². The molecule has 6 heteroatoms. The minimum Gasteiger partial charge on any atom is -0.350 e. The fourth-order valence-electron chi connectivity index (χ4n) is 1.56. The molecular formula is C11H8ClN3S2. The summed E-state index contributed by atoms with van der Waals surface area (Å²) in [5.41, 5.74) is 1.16. The third-order valence-electron chi connectivity index (χ3n) is 2.30. The van der Waals surface area contributed by atoms with Crippen LogP contribution in [0.15, 0.2) is 35.4 Å². The number of H-pyrrole nitrogens is 1. The van der Waals surface area contributed by atoms with E-state index in [0.29, 0.717) is 4.47 Å². The quantitative estimate of drug-likeness (QED) is 0.739. The average Bonchev–Trinajstić information content (AvgIpc) is 2.91. The number of aromatic amines is 1. The third kappa shape index (κ3) is 2.46. The van der Waals surface area contributed by atoms with Crippen LogP contribution in [-0.4, -0.2) is 15.2 Å². The fourth-order valence-corrected chi connectivity index (χ4v) is 3.36. The number of halogens is 1. The summed E-state index contributed by atoms with van der Waals surface area (Å²) in [6, 6.07) is 10.4. The van der Waals surface area contributed by atoms with Gasteiger partial charge in [0.2, 0.25) is 4.47 Å². The Balaban J connectivity index is 1.76. The molecule has 1 N–H and O–H groups in total. The standard InChI is InChI=1S/C11H8ClN3S2/c12-11-15-14-10(17-11)6-16-9-5-7-3-1-2-4-8(7)13-9/h1-5,13H,6H2. The van der Waals surface area contributed by atoms with Crippen LogP contribution in [0.1, 0.15) is 5.01 Å². The van der Waals surface area contributed by atoms with E-state index < -0.39 is 0 Å². The van der Waals surface area contributed by atoms with Gasteiger partial charge in [0.25, 0.3) is 0 Å². The van der Waals surface area contributed by atoms with Crippen molar-refractivity contribution < 1.29 is 0 Å². The SMILES string of the molecule is Clc1nnc(CSc2cc3ccccc3[nH]2)s1. The van der Waals surface area contributed by atoms with Crippen LogP contribution in [0.25, 0.3) is 10.9 Å². The Morgan fingerprint density at radius 1 is 1.29 bits per heavy atom. The number of thioether (sulfide) groups is 1. The van der Waals surface area contributed by atoms with E-state index in [4.69, 9.17) is 11.6 Å². The van der Waals surface area contributed by atoms with Crippen LogP contribution in [0.5, 0.6) is 0 Å². The molecule has 0 radical (unpaired) electrons. The van der Waals surface area contributed by atoms with Crippen LogP contribution in [0.3, 0.4) is 0 Å². The summed E-state index contributed by atoms with van der Waals surface area (Å²) in [5.74, 6) is 0.789. The monoisotopic (exact) mass is 281 g/mol. The summed E-state index contributed by atoms with van der Waals surface area (Å²) < 4.78 is 0.497. The Kier molecular flexibility index (Phi) is 3.05. The van der Waals surface area contributed by atoms with Crippen molar-refractivity contribution in [3.63, 3.8) is 0 Å². The Morgan fingerprint density at radius 2 is 2.18 bits per heavy atom. The molecule has 0 unspecified atom stereocenters. The lowest BCUT2D eigenvalue weighted by Crippen LogP contribution is -1.78. The van der Waals surface area contributed by atoms with E-state index >= 15 is 0 Å². The van der Waals surface area contributed by atoms with E-state index in [0.717, 1.165) is 21.3 Å². The molecule has 2 heterocycles. The van der Waals surface area contributed by atoms with Gasteiger partial charge in [-0.05, 0) is 23.7 Å². The number of nitrogens with zero attached hydrogens (tertiary/aromatic N) is 2. The summed E-state index contributed by atoms with van der Waals surface area (Å²) in [6.07, 6.45) is 0. The highest BCUT2D eigenvalue weighted by Gasteiger charge is 2.05. The molecule has 3 nitrogen and oxygen atoms in total. The average molecular weight is 282 g/mol. The van der Waals surface area contributed by atoms with Crippen molar-refractivity contribution in [3.05, 3.63) is 39.8 Å². The zero-order valence-corrected chi connectivity index (χ0v) is 11.1. The zero-order valence-electron chi connectivity index (χ0n) is 8.68. The third-order valence-corrected chi connectivity index (χ3v) is 4.45. The fraction of sp³-hybridized carbons (Fsp3) is 0.0909. The molecule has 0 bridgehead atoms. The Bertz CT molecular complexity index is 614. The van der Waals surface area contributed by atoms with Gasteiger partial charge in [-0.25, -0.2) is 0 Å². The predicted molar refractivity (Wildman–Crippen MR) is 72.8 cm³/mol. The maximum Gasteiger partial charge on any atom is 0.207 e. The van der Waals surface area contributed by atoms with Gasteiger partial charge in [-0.2, -0.15) is 0 Å². The van der Waals surface area contributed by atoms with E-state index in [1.807, 2.05) is 12.1 Å². The van der Waals surface area contributed by atoms with Gasteiger partial charge in [-0.15, -0.1) is 22.0 Å². The number of aromatic nitrogens is 3. The number of benzene rings is 1. The number of para-hydroxylation sites is 1. The highest BCUT2D eigenvalue weighted by atomic mass is 35.5. The highest BCUT2D eigenvalue weighted by Crippen LogP contribution is 2.27. The molecule has 0 saturated carbocycles. The molecule has 1 aromatic carbocycles. The Hall–Kier alpha value is -1.04. The van der Waals surface area contributed by atoms with Gasteiger partial charge >= 0.3 is 0 Å². The Labute approximate surface area is 111 Å². The molecule has 0 aliphatic carbocycles. The largest absolute Gasteiger partial charge is 0.350 e. The van der Waals surface area contributed by atoms with Crippen LogP contribution in [0.2, 0.25) is 4.47 Å². The molecular weight excluding hydrogens is 274 g/mol. The van der Waals surface area contributed by atoms with Gasteiger partial charge in [0.05, 0.1) is 10.8 Å². The van der Waals surface area contributed by atoms with Crippen LogP contribution in [0.4, 0.5) is 0 Å². The molecule has 3 rings (SSSR count). The van der Waals surface area contributed by atoms with Crippen LogP contribution >= 0.6 is 34.7 Å². The van der Waals surface area contributed by atoms with Gasteiger partial charge in [0.15, 0.2) is 0 Å². The highest BCUT2D eigenvalue weighted by molar-refractivity contribution is 7.98. The zero-order chi connectivity index (χ0) is 11.7. The first-order valence-electron chi connectivity index (χ1n) is 5.00. The molecule has 86 valence electrons. The number of nitrogens with one attached hydrogen (secondary N) is 1. The number of rotatable bonds is 3. The van der Waals surface area contributed by atoms with Crippen molar-refractivity contribution in [2.24, 2.45) is 0 Å². The van der Waals surface area contributed by atoms with E-state index in [1.54, 1.807) is 11.8 Å². The molecule has 2 aromatic heterocycles. The summed E-state index contributed by atoms with van der Waals surface area (Å²) in [4.78, 5) is 3.36. The number of fused-ring (bicyclic) bond motifs is 1. The molecule has 0 atom stereocenters. The first kappa shape index (κ1) is 11.1. The van der Waals surface area contributed by atoms with Crippen molar-refractivity contribution in [3.8, 4) is 0 Å². The summed E-state index contributed by atoms with van der Waals surface area (Å²) in [7, 11) is 0. The van der Waals surface area contributed by atoms with Crippen LogP contribution in [-0.2, 0) is 5.75 Å². The van der Waals surface area contributed by atoms with E-state index in [2.05, 4.69) is 33.4 Å². The summed E-state index contributed by atoms with van der Waals surface area (Å²) >= 11 is 8.86. The molecule has 0 aliphatic rings. The van der Waals surface area contributed by atoms with Crippen LogP contribution < -0.4 is 0 Å². The van der Waals surface area contributed by atoms with Crippen molar-refractivity contribution >= 4 is 45.6 Å². The second kappa shape index (κ2) is 4.68. The smallest absolute Gasteiger partial charge is 0.207 e. The van der Waals surface area contributed by atoms with Gasteiger partial charge in [-0.1, -0.05) is 29.5 Å². The molecule has 17 heavy (non-hydrogen) atoms. The van der Waals surface area contributed by atoms with Crippen LogP contribution in [0, 0.1) is 0 Å². The lowest BCUT2D eigenvalue weighted by atomic mass is 10.3. The van der Waals surface area contributed by atoms with Gasteiger partial charge < -0.3 is 4.98 Å². The topological polar surface area (TPSA) is 41.6 Å². The molecule has 3 aromatic rings. The maximum atomic E-state index is 5.73. The van der Waals surface area contributed by atoms with Gasteiger partial charge in [0, 0.05) is 10.9 Å². The van der Waals surface area contributed by atoms with E-state index in [1.165, 1.54) is 16.7 Å². The maximum absolute atomic E-state index is 5.73. The molecule has 0 aliphatic heterocycles.